The van der Waals surface area contributed by atoms with Crippen LogP contribution in [-0.2, 0) is 47.6 Å². The molecule has 0 heterocycles. The van der Waals surface area contributed by atoms with Gasteiger partial charge in [0.05, 0.1) is 13.2 Å². The van der Waals surface area contributed by atoms with Crippen molar-refractivity contribution in [3.05, 3.63) is 120 Å². The van der Waals surface area contributed by atoms with Gasteiger partial charge in [-0.05, 0) is 69.1 Å². The van der Waals surface area contributed by atoms with Crippen LogP contribution in [0.4, 0.5) is 0 Å². The lowest BCUT2D eigenvalue weighted by Gasteiger charge is -2.27. The molecule has 4 atom stereocenters. The largest absolute Gasteiger partial charge is 0.463 e. The van der Waals surface area contributed by atoms with Crippen molar-refractivity contribution < 1.29 is 47.6 Å². The Morgan fingerprint density at radius 3 is 1.02 bits per heavy atom. The minimum Gasteiger partial charge on any atom is -0.463 e. The maximum Gasteiger partial charge on any atom is 0.352 e. The molecule has 0 aliphatic heterocycles. The second-order valence-corrected chi connectivity index (χ2v) is 11.9. The molecule has 10 heteroatoms. The zero-order valence-corrected chi connectivity index (χ0v) is 29.2. The molecule has 52 heavy (non-hydrogen) atoms. The molecule has 0 aromatic heterocycles. The molecule has 6 rings (SSSR count). The summed E-state index contributed by atoms with van der Waals surface area (Å²) in [4.78, 5) is 55.5. The third kappa shape index (κ3) is 7.03. The summed E-state index contributed by atoms with van der Waals surface area (Å²) in [5.41, 5.74) is 0.992. The molecule has 266 valence electrons. The zero-order valence-electron chi connectivity index (χ0n) is 29.2. The van der Waals surface area contributed by atoms with Gasteiger partial charge < -0.3 is 28.4 Å². The fourth-order valence-corrected chi connectivity index (χ4v) is 6.62. The Labute approximate surface area is 300 Å². The first-order valence-corrected chi connectivity index (χ1v) is 16.9. The summed E-state index contributed by atoms with van der Waals surface area (Å²) in [5.74, 6) is -4.28. The van der Waals surface area contributed by atoms with E-state index in [9.17, 15) is 19.2 Å². The van der Waals surface area contributed by atoms with Crippen molar-refractivity contribution in [2.24, 2.45) is 0 Å². The Morgan fingerprint density at radius 1 is 0.462 bits per heavy atom. The molecule has 0 radical (unpaired) electrons. The van der Waals surface area contributed by atoms with Gasteiger partial charge in [0.1, 0.15) is 0 Å². The Bertz CT molecular complexity index is 2010. The first kappa shape index (κ1) is 36.0. The number of methoxy groups -OCH3 is 2. The Kier molecular flexibility index (Phi) is 11.1. The molecule has 0 amide bonds. The molecule has 0 aliphatic carbocycles. The van der Waals surface area contributed by atoms with E-state index in [1.54, 1.807) is 13.8 Å². The van der Waals surface area contributed by atoms with Crippen LogP contribution in [0, 0.1) is 0 Å². The molecule has 0 aliphatic rings. The van der Waals surface area contributed by atoms with Crippen LogP contribution in [0.2, 0.25) is 0 Å². The molecule has 0 spiro atoms. The van der Waals surface area contributed by atoms with E-state index in [1.807, 2.05) is 109 Å². The predicted molar refractivity (Wildman–Crippen MR) is 195 cm³/mol. The highest BCUT2D eigenvalue weighted by molar-refractivity contribution is 6.06. The van der Waals surface area contributed by atoms with Gasteiger partial charge in [0.15, 0.2) is 12.2 Å². The van der Waals surface area contributed by atoms with Crippen molar-refractivity contribution in [2.45, 2.75) is 38.3 Å². The molecule has 0 fully saturated rings. The summed E-state index contributed by atoms with van der Waals surface area (Å²) >= 11 is 0. The maximum absolute atomic E-state index is 14.2. The van der Waals surface area contributed by atoms with Crippen LogP contribution in [-0.4, -0.2) is 63.5 Å². The Morgan fingerprint density at radius 2 is 0.750 bits per heavy atom. The van der Waals surface area contributed by atoms with Gasteiger partial charge in [-0.2, -0.15) is 0 Å². The van der Waals surface area contributed by atoms with E-state index in [1.165, 1.54) is 14.2 Å². The summed E-state index contributed by atoms with van der Waals surface area (Å²) in [6, 6.07) is 33.9. The molecule has 0 N–H and O–H groups in total. The van der Waals surface area contributed by atoms with Gasteiger partial charge in [0.25, 0.3) is 0 Å². The van der Waals surface area contributed by atoms with Gasteiger partial charge in [0, 0.05) is 25.3 Å². The van der Waals surface area contributed by atoms with E-state index < -0.39 is 48.3 Å². The average molecular weight is 703 g/mol. The van der Waals surface area contributed by atoms with Gasteiger partial charge >= 0.3 is 23.9 Å². The number of carbonyl (C=O) groups is 4. The molecule has 0 unspecified atom stereocenters. The fourth-order valence-electron chi connectivity index (χ4n) is 6.62. The monoisotopic (exact) mass is 702 g/mol. The smallest absolute Gasteiger partial charge is 0.352 e. The second kappa shape index (κ2) is 16.0. The van der Waals surface area contributed by atoms with Crippen molar-refractivity contribution >= 4 is 67.0 Å². The lowest BCUT2D eigenvalue weighted by molar-refractivity contribution is -0.198. The number of hydrogen-bond donors (Lipinski definition) is 0. The zero-order chi connectivity index (χ0) is 36.8. The summed E-state index contributed by atoms with van der Waals surface area (Å²) in [7, 11) is 2.67. The predicted octanol–water partition coefficient (Wildman–Crippen LogP) is 7.32. The highest BCUT2D eigenvalue weighted by atomic mass is 16.7. The highest BCUT2D eigenvalue weighted by Crippen LogP contribution is 2.37. The van der Waals surface area contributed by atoms with Gasteiger partial charge in [-0.15, -0.1) is 0 Å². The van der Waals surface area contributed by atoms with Crippen molar-refractivity contribution in [3.8, 4) is 0 Å². The average Bonchev–Trinajstić information content (AvgIpc) is 3.16. The van der Waals surface area contributed by atoms with E-state index in [4.69, 9.17) is 28.4 Å². The topological polar surface area (TPSA) is 124 Å². The van der Waals surface area contributed by atoms with E-state index in [-0.39, 0.29) is 13.2 Å². The van der Waals surface area contributed by atoms with Gasteiger partial charge in [0.2, 0.25) is 12.2 Å². The molecular formula is C42H38O10. The standard InChI is InChI=1S/C42H38O10/c1-5-49-39(43)37(51-41(45)35(47-3)33-29-19-11-7-15-25(29)23-26-16-8-12-20-30(26)33)38(40(44)50-6-2)52-42(46)36(48-4)34-31-21-13-9-17-27(31)24-28-18-10-14-22-32(28)34/h7-24,35-38H,5-6H2,1-4H3/t35-,36-,37-,38-/m1/s1. The summed E-state index contributed by atoms with van der Waals surface area (Å²) in [5, 5.41) is 6.26. The second-order valence-electron chi connectivity index (χ2n) is 11.9. The van der Waals surface area contributed by atoms with Crippen LogP contribution < -0.4 is 0 Å². The van der Waals surface area contributed by atoms with Crippen LogP contribution in [0.3, 0.4) is 0 Å². The van der Waals surface area contributed by atoms with Crippen molar-refractivity contribution in [1.29, 1.82) is 0 Å². The lowest BCUT2D eigenvalue weighted by Crippen LogP contribution is -2.48. The lowest BCUT2D eigenvalue weighted by atomic mass is 9.93. The molecule has 0 saturated carbocycles. The maximum atomic E-state index is 14.2. The summed E-state index contributed by atoms with van der Waals surface area (Å²) in [6.45, 7) is 2.85. The molecule has 0 bridgehead atoms. The van der Waals surface area contributed by atoms with Crippen molar-refractivity contribution in [2.75, 3.05) is 27.4 Å². The fraction of sp³-hybridized carbons (Fsp3) is 0.238. The third-order valence-corrected chi connectivity index (χ3v) is 8.85. The number of hydrogen-bond acceptors (Lipinski definition) is 10. The number of fused-ring (bicyclic) bond motifs is 4. The first-order chi connectivity index (χ1) is 25.3. The number of benzene rings is 6. The number of ether oxygens (including phenoxy) is 6. The van der Waals surface area contributed by atoms with Crippen LogP contribution in [0.5, 0.6) is 0 Å². The minimum absolute atomic E-state index is 0.124. The molecule has 6 aromatic carbocycles. The molecule has 6 aromatic rings. The Hall–Kier alpha value is -5.84. The number of esters is 4. The molecular weight excluding hydrogens is 664 g/mol. The van der Waals surface area contributed by atoms with E-state index in [0.717, 1.165) is 43.1 Å². The van der Waals surface area contributed by atoms with Gasteiger partial charge in [-0.1, -0.05) is 97.1 Å². The SMILES string of the molecule is CCOC(=O)[C@H](OC(=O)[C@H](OC)c1c2ccccc2cc2ccccc12)[C@@H](OC(=O)[C@H](OC)c1c2ccccc2cc2ccccc12)C(=O)OCC. The minimum atomic E-state index is -2.06. The van der Waals surface area contributed by atoms with Crippen molar-refractivity contribution in [1.82, 2.24) is 0 Å². The van der Waals surface area contributed by atoms with Crippen LogP contribution >= 0.6 is 0 Å². The third-order valence-electron chi connectivity index (χ3n) is 8.85. The number of carbonyl (C=O) groups excluding carboxylic acids is 4. The molecule has 10 nitrogen and oxygen atoms in total. The Balaban J connectivity index is 1.40. The highest BCUT2D eigenvalue weighted by Gasteiger charge is 2.45. The summed E-state index contributed by atoms with van der Waals surface area (Å²) in [6.07, 6.45) is -6.84. The van der Waals surface area contributed by atoms with Gasteiger partial charge in [-0.25, -0.2) is 19.2 Å². The van der Waals surface area contributed by atoms with Crippen LogP contribution in [0.1, 0.15) is 37.2 Å². The summed E-state index contributed by atoms with van der Waals surface area (Å²) < 4.78 is 33.6. The van der Waals surface area contributed by atoms with E-state index in [2.05, 4.69) is 0 Å². The van der Waals surface area contributed by atoms with Crippen molar-refractivity contribution in [3.63, 3.8) is 0 Å². The van der Waals surface area contributed by atoms with Crippen LogP contribution in [0.15, 0.2) is 109 Å². The number of rotatable bonds is 13. The van der Waals surface area contributed by atoms with E-state index in [0.29, 0.717) is 11.1 Å². The quantitative estimate of drug-likeness (QED) is 0.0687. The van der Waals surface area contributed by atoms with Crippen LogP contribution in [0.25, 0.3) is 43.1 Å². The molecule has 0 saturated heterocycles. The van der Waals surface area contributed by atoms with Gasteiger partial charge in [-0.3, -0.25) is 0 Å². The normalized spacial score (nSPS) is 13.7. The van der Waals surface area contributed by atoms with E-state index >= 15 is 0 Å². The first-order valence-electron chi connectivity index (χ1n) is 16.9.